The Balaban J connectivity index is 1.30. The van der Waals surface area contributed by atoms with Crippen LogP contribution in [-0.4, -0.2) is 30.8 Å². The van der Waals surface area contributed by atoms with Crippen molar-refractivity contribution in [3.63, 3.8) is 0 Å². The summed E-state index contributed by atoms with van der Waals surface area (Å²) in [6, 6.07) is 28.0. The topological polar surface area (TPSA) is 136 Å². The summed E-state index contributed by atoms with van der Waals surface area (Å²) in [5.41, 5.74) is 4.83. The molecule has 4 N–H and O–H groups in total. The largest absolute Gasteiger partial charge is 0.323 e. The minimum absolute atomic E-state index is 0.126. The fraction of sp³-hybridized carbons (Fsp3) is 0.158. The fourth-order valence-corrected chi connectivity index (χ4v) is 6.16. The zero-order valence-electron chi connectivity index (χ0n) is 28.7. The standard InChI is InChI=1S/C38H37ClN8O4/c1-23-31(40-37(50)42-33-24(2)44(4)46(35(33)48)28-15-8-6-9-16-28)21-26(20-27-14-12-13-19-30(27)39)22-32(23)41-38(51)43-34-25(3)45(5)47(36(34)49)29-17-10-7-11-18-29/h6-19,21-22H,20H2,1-5H3,(H2,40,42,50)(H2,41,43,51). The first-order valence-electron chi connectivity index (χ1n) is 16.2. The number of carbonyl (C=O) groups excluding carboxylic acids is 2. The van der Waals surface area contributed by atoms with Gasteiger partial charge in [0.15, 0.2) is 0 Å². The number of hydrogen-bond acceptors (Lipinski definition) is 4. The third-order valence-corrected chi connectivity index (χ3v) is 9.27. The van der Waals surface area contributed by atoms with Gasteiger partial charge in [-0.25, -0.2) is 19.0 Å². The molecule has 0 bridgehead atoms. The van der Waals surface area contributed by atoms with Gasteiger partial charge in [-0.05, 0) is 86.3 Å². The quantitative estimate of drug-likeness (QED) is 0.134. The summed E-state index contributed by atoms with van der Waals surface area (Å²) in [5, 5.41) is 11.7. The number of urea groups is 2. The van der Waals surface area contributed by atoms with Crippen LogP contribution >= 0.6 is 11.6 Å². The number of para-hydroxylation sites is 2. The molecule has 0 aliphatic rings. The number of nitrogens with zero attached hydrogens (tertiary/aromatic N) is 4. The monoisotopic (exact) mass is 704 g/mol. The Morgan fingerprint density at radius 1 is 0.608 bits per heavy atom. The van der Waals surface area contributed by atoms with Crippen LogP contribution in [-0.2, 0) is 20.5 Å². The molecule has 2 aromatic heterocycles. The highest BCUT2D eigenvalue weighted by atomic mass is 35.5. The van der Waals surface area contributed by atoms with Crippen molar-refractivity contribution in [2.45, 2.75) is 27.2 Å². The number of halogens is 1. The number of benzene rings is 4. The van der Waals surface area contributed by atoms with E-state index in [2.05, 4.69) is 21.3 Å². The van der Waals surface area contributed by atoms with E-state index >= 15 is 0 Å². The van der Waals surface area contributed by atoms with Crippen LogP contribution in [0.1, 0.15) is 28.1 Å². The Bertz CT molecular complexity index is 2250. The van der Waals surface area contributed by atoms with Crippen molar-refractivity contribution in [1.82, 2.24) is 18.7 Å². The first-order chi connectivity index (χ1) is 24.4. The Kier molecular flexibility index (Phi) is 9.70. The molecule has 0 radical (unpaired) electrons. The van der Waals surface area contributed by atoms with Gasteiger partial charge < -0.3 is 21.3 Å². The van der Waals surface area contributed by atoms with E-state index in [-0.39, 0.29) is 22.5 Å². The normalized spacial score (nSPS) is 10.9. The number of anilines is 4. The molecule has 0 aliphatic heterocycles. The molecule has 51 heavy (non-hydrogen) atoms. The molecule has 0 fully saturated rings. The zero-order chi connectivity index (χ0) is 36.4. The highest BCUT2D eigenvalue weighted by Gasteiger charge is 2.21. The lowest BCUT2D eigenvalue weighted by Gasteiger charge is -2.17. The second-order valence-corrected chi connectivity index (χ2v) is 12.5. The smallest absolute Gasteiger partial charge is 0.307 e. The van der Waals surface area contributed by atoms with E-state index in [0.29, 0.717) is 51.1 Å². The Morgan fingerprint density at radius 2 is 1.02 bits per heavy atom. The zero-order valence-corrected chi connectivity index (χ0v) is 29.5. The molecular weight excluding hydrogens is 668 g/mol. The molecular formula is C38H37ClN8O4. The summed E-state index contributed by atoms with van der Waals surface area (Å²) in [7, 11) is 3.48. The molecule has 13 heteroatoms. The molecule has 4 aromatic carbocycles. The van der Waals surface area contributed by atoms with E-state index in [1.807, 2.05) is 54.6 Å². The molecule has 260 valence electrons. The van der Waals surface area contributed by atoms with Gasteiger partial charge in [-0.3, -0.25) is 19.0 Å². The lowest BCUT2D eigenvalue weighted by molar-refractivity contribution is 0.261. The predicted molar refractivity (Wildman–Crippen MR) is 202 cm³/mol. The van der Waals surface area contributed by atoms with Crippen molar-refractivity contribution in [2.75, 3.05) is 21.3 Å². The average Bonchev–Trinajstić information content (AvgIpc) is 3.45. The fourth-order valence-electron chi connectivity index (χ4n) is 5.96. The molecule has 0 spiro atoms. The molecule has 6 aromatic rings. The van der Waals surface area contributed by atoms with E-state index in [1.54, 1.807) is 86.7 Å². The van der Waals surface area contributed by atoms with Gasteiger partial charge in [-0.1, -0.05) is 66.2 Å². The van der Waals surface area contributed by atoms with Gasteiger partial charge >= 0.3 is 12.1 Å². The first kappa shape index (κ1) is 34.6. The van der Waals surface area contributed by atoms with Crippen LogP contribution in [0.4, 0.5) is 32.3 Å². The summed E-state index contributed by atoms with van der Waals surface area (Å²) >= 11 is 6.48. The van der Waals surface area contributed by atoms with Gasteiger partial charge in [0, 0.05) is 30.5 Å². The Labute approximate surface area is 298 Å². The number of amides is 4. The number of carbonyl (C=O) groups is 2. The van der Waals surface area contributed by atoms with E-state index in [1.165, 1.54) is 9.36 Å². The summed E-state index contributed by atoms with van der Waals surface area (Å²) in [5.74, 6) is 0. The minimum Gasteiger partial charge on any atom is -0.307 e. The SMILES string of the molecule is Cc1c(NC(=O)Nc2c(C)n(C)n(-c3ccccc3)c2=O)cc(Cc2ccccc2Cl)cc1NC(=O)Nc1c(C)n(C)n(-c2ccccc2)c1=O. The Morgan fingerprint density at radius 3 is 1.45 bits per heavy atom. The molecule has 0 unspecified atom stereocenters. The second-order valence-electron chi connectivity index (χ2n) is 12.1. The lowest BCUT2D eigenvalue weighted by atomic mass is 10.0. The molecule has 0 saturated carbocycles. The van der Waals surface area contributed by atoms with Crippen molar-refractivity contribution in [2.24, 2.45) is 14.1 Å². The third kappa shape index (κ3) is 6.94. The maximum absolute atomic E-state index is 13.5. The highest BCUT2D eigenvalue weighted by molar-refractivity contribution is 6.31. The average molecular weight is 705 g/mol. The minimum atomic E-state index is -0.643. The van der Waals surface area contributed by atoms with Crippen LogP contribution < -0.4 is 32.4 Å². The van der Waals surface area contributed by atoms with Crippen LogP contribution in [0.5, 0.6) is 0 Å². The van der Waals surface area contributed by atoms with Gasteiger partial charge in [0.1, 0.15) is 11.4 Å². The Hall–Kier alpha value is -6.27. The predicted octanol–water partition coefficient (Wildman–Crippen LogP) is 7.12. The molecule has 6 rings (SSSR count). The third-order valence-electron chi connectivity index (χ3n) is 8.90. The van der Waals surface area contributed by atoms with E-state index < -0.39 is 12.1 Å². The molecule has 2 heterocycles. The van der Waals surface area contributed by atoms with Gasteiger partial charge in [0.25, 0.3) is 11.1 Å². The van der Waals surface area contributed by atoms with E-state index in [4.69, 9.17) is 11.6 Å². The van der Waals surface area contributed by atoms with Crippen molar-refractivity contribution < 1.29 is 9.59 Å². The first-order valence-corrected chi connectivity index (χ1v) is 16.5. The number of nitrogens with one attached hydrogen (secondary N) is 4. The van der Waals surface area contributed by atoms with Gasteiger partial charge in [0.2, 0.25) is 0 Å². The van der Waals surface area contributed by atoms with Crippen molar-refractivity contribution in [3.05, 3.63) is 151 Å². The molecule has 0 atom stereocenters. The van der Waals surface area contributed by atoms with Crippen molar-refractivity contribution in [1.29, 1.82) is 0 Å². The second kappa shape index (κ2) is 14.3. The summed E-state index contributed by atoms with van der Waals surface area (Å²) in [6.07, 6.45) is 0.395. The molecule has 4 amide bonds. The van der Waals surface area contributed by atoms with Gasteiger partial charge in [0.05, 0.1) is 22.8 Å². The molecule has 0 saturated heterocycles. The maximum atomic E-state index is 13.5. The van der Waals surface area contributed by atoms with Crippen molar-refractivity contribution >= 4 is 46.4 Å². The maximum Gasteiger partial charge on any atom is 0.323 e. The van der Waals surface area contributed by atoms with Crippen LogP contribution in [0.15, 0.2) is 107 Å². The number of rotatable bonds is 8. The van der Waals surface area contributed by atoms with Gasteiger partial charge in [-0.15, -0.1) is 0 Å². The molecule has 0 aliphatic carbocycles. The van der Waals surface area contributed by atoms with Crippen molar-refractivity contribution in [3.8, 4) is 11.4 Å². The van der Waals surface area contributed by atoms with Crippen LogP contribution in [0.2, 0.25) is 5.02 Å². The van der Waals surface area contributed by atoms with E-state index in [0.717, 1.165) is 11.1 Å². The van der Waals surface area contributed by atoms with Gasteiger partial charge in [-0.2, -0.15) is 0 Å². The lowest BCUT2D eigenvalue weighted by Crippen LogP contribution is -2.27. The molecule has 12 nitrogen and oxygen atoms in total. The van der Waals surface area contributed by atoms with E-state index in [9.17, 15) is 19.2 Å². The summed E-state index contributed by atoms with van der Waals surface area (Å²) in [6.45, 7) is 5.24. The van der Waals surface area contributed by atoms with Crippen LogP contribution in [0, 0.1) is 20.8 Å². The highest BCUT2D eigenvalue weighted by Crippen LogP contribution is 2.30. The van der Waals surface area contributed by atoms with Crippen LogP contribution in [0.3, 0.4) is 0 Å². The number of aromatic nitrogens is 4. The van der Waals surface area contributed by atoms with Crippen LogP contribution in [0.25, 0.3) is 11.4 Å². The summed E-state index contributed by atoms with van der Waals surface area (Å²) in [4.78, 5) is 53.8. The summed E-state index contributed by atoms with van der Waals surface area (Å²) < 4.78 is 6.30. The number of hydrogen-bond donors (Lipinski definition) is 4.